The van der Waals surface area contributed by atoms with Gasteiger partial charge in [0.2, 0.25) is 0 Å². The molecule has 4 heteroatoms. The van der Waals surface area contributed by atoms with Crippen LogP contribution in [-0.4, -0.2) is 0 Å². The van der Waals surface area contributed by atoms with E-state index in [2.05, 4.69) is 0 Å². The van der Waals surface area contributed by atoms with Crippen molar-refractivity contribution >= 4 is 0 Å². The van der Waals surface area contributed by atoms with E-state index in [-0.39, 0.29) is 0 Å². The second kappa shape index (κ2) is 1.99. The molecule has 3 nitrogen and oxygen atoms in total. The molecule has 22 valence electrons. The van der Waals surface area contributed by atoms with Gasteiger partial charge in [0, 0.05) is 0 Å². The summed E-state index contributed by atoms with van der Waals surface area (Å²) in [5.74, 6) is 0. The molecule has 0 rings (SSSR count). The van der Waals surface area contributed by atoms with Crippen LogP contribution in [0.5, 0.6) is 0 Å². The normalized spacial score (nSPS) is 6.00. The zero-order valence-electron chi connectivity index (χ0n) is 1.72. The van der Waals surface area contributed by atoms with Crippen molar-refractivity contribution < 1.29 is 37.7 Å². The summed E-state index contributed by atoms with van der Waals surface area (Å²) >= 11 is -4.48. The molecule has 0 heterocycles. The van der Waals surface area contributed by atoms with Gasteiger partial charge in [0.15, 0.2) is 0 Å². The Bertz CT molecular complexity index is 72.7. The van der Waals surface area contributed by atoms with Crippen LogP contribution < -0.4 is 0 Å². The molecule has 0 spiro atoms. The Labute approximate surface area is 37.3 Å². The fourth-order valence-electron chi connectivity index (χ4n) is 0. The Balaban J connectivity index is 4.65. The summed E-state index contributed by atoms with van der Waals surface area (Å²) in [7, 11) is 0. The van der Waals surface area contributed by atoms with Crippen molar-refractivity contribution in [2.24, 2.45) is 0 Å². The SMILES string of the molecule is [O]=[Th](=[O])=[O]. The van der Waals surface area contributed by atoms with Crippen LogP contribution in [0.3, 0.4) is 0 Å². The summed E-state index contributed by atoms with van der Waals surface area (Å²) in [5, 5.41) is 0. The molecule has 0 fully saturated rings. The van der Waals surface area contributed by atoms with Gasteiger partial charge in [0.1, 0.15) is 0 Å². The molecule has 0 aliphatic heterocycles. The van der Waals surface area contributed by atoms with Gasteiger partial charge in [0.05, 0.1) is 0 Å². The van der Waals surface area contributed by atoms with Crippen molar-refractivity contribution in [2.75, 3.05) is 0 Å². The van der Waals surface area contributed by atoms with E-state index in [1.54, 1.807) is 0 Å². The summed E-state index contributed by atoms with van der Waals surface area (Å²) < 4.78 is 25.9. The van der Waals surface area contributed by atoms with Crippen molar-refractivity contribution in [3.63, 3.8) is 0 Å². The second-order valence-corrected chi connectivity index (χ2v) is 2.30. The van der Waals surface area contributed by atoms with Crippen LogP contribution >= 0.6 is 0 Å². The minimum atomic E-state index is -4.48. The van der Waals surface area contributed by atoms with Crippen molar-refractivity contribution in [2.45, 2.75) is 0 Å². The van der Waals surface area contributed by atoms with Gasteiger partial charge in [-0.2, -0.15) is 0 Å². The van der Waals surface area contributed by atoms with E-state index in [1.807, 2.05) is 0 Å². The third-order valence-electron chi connectivity index (χ3n) is 0. The Kier molecular flexibility index (Phi) is 2.35. The van der Waals surface area contributed by atoms with E-state index in [4.69, 9.17) is 3.49 Å². The summed E-state index contributed by atoms with van der Waals surface area (Å²) in [6, 6.07) is 0. The van der Waals surface area contributed by atoms with Crippen LogP contribution in [0.15, 0.2) is 0 Å². The van der Waals surface area contributed by atoms with Gasteiger partial charge in [-0.3, -0.25) is 0 Å². The third-order valence-corrected chi connectivity index (χ3v) is 0. The van der Waals surface area contributed by atoms with Crippen LogP contribution in [0.25, 0.3) is 0 Å². The molecule has 0 N–H and O–H groups in total. The monoisotopic (exact) mass is 280 g/mol. The Morgan fingerprint density at radius 1 is 1.00 bits per heavy atom. The van der Waals surface area contributed by atoms with Crippen LogP contribution in [0.2, 0.25) is 0 Å². The van der Waals surface area contributed by atoms with E-state index < -0.39 is 34.2 Å². The average Bonchev–Trinajstić information content (AvgIpc) is 0.811. The van der Waals surface area contributed by atoms with E-state index in [9.17, 15) is 0 Å². The molecule has 0 aliphatic rings. The van der Waals surface area contributed by atoms with Crippen molar-refractivity contribution in [1.29, 1.82) is 0 Å². The van der Waals surface area contributed by atoms with Crippen molar-refractivity contribution in [3.8, 4) is 0 Å². The number of hydrogen-bond donors (Lipinski definition) is 0. The number of hydrogen-bond acceptors (Lipinski definition) is 3. The van der Waals surface area contributed by atoms with Crippen LogP contribution in [0.1, 0.15) is 0 Å². The molecule has 0 saturated carbocycles. The zero-order valence-corrected chi connectivity index (χ0v) is 5.83. The zero-order chi connectivity index (χ0) is 3.58. The standard InChI is InChI=1S/3O.Th. The topological polar surface area (TPSA) is 51.2 Å². The Morgan fingerprint density at radius 3 is 1.00 bits per heavy atom. The molecular weight excluding hydrogens is 280 g/mol. The molecule has 0 radical (unpaired) electrons. The molecule has 0 unspecified atom stereocenters. The second-order valence-electron chi connectivity index (χ2n) is 0.250. The summed E-state index contributed by atoms with van der Waals surface area (Å²) in [5.41, 5.74) is 0. The summed E-state index contributed by atoms with van der Waals surface area (Å²) in [6.45, 7) is 0. The van der Waals surface area contributed by atoms with E-state index in [0.29, 0.717) is 0 Å². The van der Waals surface area contributed by atoms with Gasteiger partial charge in [-0.15, -0.1) is 0 Å². The predicted octanol–water partition coefficient (Wildman–Crippen LogP) is -0.356. The van der Waals surface area contributed by atoms with Gasteiger partial charge in [-0.1, -0.05) is 0 Å². The fourth-order valence-corrected chi connectivity index (χ4v) is 0. The molecule has 0 aromatic rings. The molecule has 0 aromatic heterocycles. The maximum absolute atomic E-state index is 8.64. The Hall–Kier alpha value is 0.725. The summed E-state index contributed by atoms with van der Waals surface area (Å²) in [4.78, 5) is 0. The van der Waals surface area contributed by atoms with Crippen LogP contribution in [-0.2, 0) is 3.49 Å². The van der Waals surface area contributed by atoms with Crippen LogP contribution in [0, 0.1) is 34.2 Å². The number of rotatable bonds is 0. The first-order valence-electron chi connectivity index (χ1n) is 0.612. The van der Waals surface area contributed by atoms with Gasteiger partial charge >= 0.3 is 37.7 Å². The first kappa shape index (κ1) is 4.72. The molecule has 0 saturated heterocycles. The molecule has 0 atom stereocenters. The third kappa shape index (κ3) is 15.4. The minimum absolute atomic E-state index is 4.48. The average molecular weight is 280 g/mol. The Morgan fingerprint density at radius 2 is 1.00 bits per heavy atom. The molecule has 0 aromatic carbocycles. The predicted molar refractivity (Wildman–Crippen MR) is 2.06 cm³/mol. The van der Waals surface area contributed by atoms with Crippen LogP contribution in [0.4, 0.5) is 0 Å². The molecule has 0 aliphatic carbocycles. The first-order valence-corrected chi connectivity index (χ1v) is 5.65. The quantitative estimate of drug-likeness (QED) is 0.609. The maximum atomic E-state index is 8.64. The van der Waals surface area contributed by atoms with Gasteiger partial charge < -0.3 is 0 Å². The summed E-state index contributed by atoms with van der Waals surface area (Å²) in [6.07, 6.45) is 0. The fraction of sp³-hybridized carbons (Fsp3) is 0. The van der Waals surface area contributed by atoms with Crippen molar-refractivity contribution in [3.05, 3.63) is 0 Å². The molecule has 4 heavy (non-hydrogen) atoms. The van der Waals surface area contributed by atoms with Gasteiger partial charge in [-0.05, 0) is 0 Å². The van der Waals surface area contributed by atoms with Gasteiger partial charge in [0.25, 0.3) is 0 Å². The van der Waals surface area contributed by atoms with Crippen molar-refractivity contribution in [1.82, 2.24) is 0 Å². The molecular formula is O3Th. The van der Waals surface area contributed by atoms with E-state index in [1.165, 1.54) is 0 Å². The first-order chi connectivity index (χ1) is 1.73. The van der Waals surface area contributed by atoms with E-state index >= 15 is 0 Å². The van der Waals surface area contributed by atoms with E-state index in [0.717, 1.165) is 0 Å². The molecule has 0 amide bonds. The molecule has 0 bridgehead atoms. The van der Waals surface area contributed by atoms with Gasteiger partial charge in [-0.25, -0.2) is 0 Å².